The van der Waals surface area contributed by atoms with Crippen LogP contribution < -0.4 is 0 Å². The van der Waals surface area contributed by atoms with Gasteiger partial charge in [-0.15, -0.1) is 0 Å². The molecule has 0 aromatic heterocycles. The Labute approximate surface area is 227 Å². The standard InChI is InChI=1S/C35H28F2O2/c36-30-18-14-24(15-19-30)22-25-8-7-13-29(23-25)32(26-16-20-31(37)21-17-26)33(34(38)27-9-3-1-4-10-27)35(39)28-11-5-2-6-12-28/h1-6,9-12,14-23,32-33H,7-8,13H2/b25-22+. The van der Waals surface area contributed by atoms with Crippen molar-refractivity contribution >= 4 is 17.6 Å². The van der Waals surface area contributed by atoms with E-state index in [4.69, 9.17) is 0 Å². The van der Waals surface area contributed by atoms with Gasteiger partial charge in [-0.2, -0.15) is 0 Å². The van der Waals surface area contributed by atoms with Crippen LogP contribution in [0.2, 0.25) is 0 Å². The molecule has 0 heterocycles. The van der Waals surface area contributed by atoms with E-state index < -0.39 is 11.8 Å². The number of hydrogen-bond acceptors (Lipinski definition) is 2. The fourth-order valence-corrected chi connectivity index (χ4v) is 5.29. The number of carbonyl (C=O) groups is 2. The van der Waals surface area contributed by atoms with Gasteiger partial charge in [-0.1, -0.05) is 103 Å². The predicted octanol–water partition coefficient (Wildman–Crippen LogP) is 8.62. The minimum absolute atomic E-state index is 0.269. The molecule has 2 nitrogen and oxygen atoms in total. The van der Waals surface area contributed by atoms with Crippen molar-refractivity contribution in [2.45, 2.75) is 25.2 Å². The third kappa shape index (κ3) is 6.18. The van der Waals surface area contributed by atoms with Crippen molar-refractivity contribution in [1.82, 2.24) is 0 Å². The first kappa shape index (κ1) is 26.2. The Morgan fingerprint density at radius 2 is 1.15 bits per heavy atom. The van der Waals surface area contributed by atoms with E-state index >= 15 is 0 Å². The Balaban J connectivity index is 1.65. The van der Waals surface area contributed by atoms with Gasteiger partial charge >= 0.3 is 0 Å². The van der Waals surface area contributed by atoms with Crippen LogP contribution in [0.4, 0.5) is 8.78 Å². The molecule has 0 bridgehead atoms. The highest BCUT2D eigenvalue weighted by atomic mass is 19.1. The van der Waals surface area contributed by atoms with Gasteiger partial charge in [-0.25, -0.2) is 8.78 Å². The van der Waals surface area contributed by atoms with Crippen molar-refractivity contribution < 1.29 is 18.4 Å². The number of benzene rings is 4. The molecule has 0 aliphatic heterocycles. The van der Waals surface area contributed by atoms with Crippen LogP contribution in [0, 0.1) is 17.6 Å². The van der Waals surface area contributed by atoms with E-state index in [0.29, 0.717) is 23.1 Å². The summed E-state index contributed by atoms with van der Waals surface area (Å²) in [4.78, 5) is 28.2. The zero-order valence-electron chi connectivity index (χ0n) is 21.4. The highest BCUT2D eigenvalue weighted by Gasteiger charge is 2.39. The molecule has 1 unspecified atom stereocenters. The first-order valence-corrected chi connectivity index (χ1v) is 13.1. The maximum atomic E-state index is 14.1. The van der Waals surface area contributed by atoms with Crippen LogP contribution in [-0.4, -0.2) is 11.6 Å². The molecule has 4 aromatic rings. The predicted molar refractivity (Wildman–Crippen MR) is 150 cm³/mol. The van der Waals surface area contributed by atoms with E-state index in [1.165, 1.54) is 24.3 Å². The van der Waals surface area contributed by atoms with E-state index in [0.717, 1.165) is 29.6 Å². The fraction of sp³-hybridized carbons (Fsp3) is 0.143. The summed E-state index contributed by atoms with van der Waals surface area (Å²) in [5.74, 6) is -2.83. The number of halogens is 2. The quantitative estimate of drug-likeness (QED) is 0.173. The van der Waals surface area contributed by atoms with E-state index in [2.05, 4.69) is 6.08 Å². The molecule has 0 N–H and O–H groups in total. The minimum atomic E-state index is -1.03. The maximum absolute atomic E-state index is 14.1. The summed E-state index contributed by atoms with van der Waals surface area (Å²) in [6.45, 7) is 0. The van der Waals surface area contributed by atoms with E-state index in [-0.39, 0.29) is 23.2 Å². The summed E-state index contributed by atoms with van der Waals surface area (Å²) in [6, 6.07) is 30.1. The van der Waals surface area contributed by atoms with Crippen molar-refractivity contribution in [2.75, 3.05) is 0 Å². The average molecular weight is 519 g/mol. The van der Waals surface area contributed by atoms with Gasteiger partial charge in [0.1, 0.15) is 11.6 Å². The Morgan fingerprint density at radius 3 is 1.69 bits per heavy atom. The van der Waals surface area contributed by atoms with Crippen LogP contribution in [0.5, 0.6) is 0 Å². The van der Waals surface area contributed by atoms with Crippen LogP contribution in [0.1, 0.15) is 57.0 Å². The highest BCUT2D eigenvalue weighted by molar-refractivity contribution is 6.17. The molecular weight excluding hydrogens is 490 g/mol. The molecule has 0 saturated heterocycles. The molecule has 5 rings (SSSR count). The van der Waals surface area contributed by atoms with Crippen molar-refractivity contribution in [3.8, 4) is 0 Å². The molecule has 194 valence electrons. The second-order valence-corrected chi connectivity index (χ2v) is 9.81. The molecule has 4 heteroatoms. The van der Waals surface area contributed by atoms with Crippen LogP contribution in [0.25, 0.3) is 6.08 Å². The lowest BCUT2D eigenvalue weighted by atomic mass is 9.71. The molecule has 4 aromatic carbocycles. The lowest BCUT2D eigenvalue weighted by Gasteiger charge is -2.31. The van der Waals surface area contributed by atoms with Gasteiger partial charge < -0.3 is 0 Å². The second-order valence-electron chi connectivity index (χ2n) is 9.81. The molecule has 0 amide bonds. The summed E-state index contributed by atoms with van der Waals surface area (Å²) >= 11 is 0. The number of rotatable bonds is 8. The SMILES string of the molecule is O=C(c1ccccc1)C(C(=O)c1ccccc1)C(C1=C/C(=C/c2ccc(F)cc2)CCC1)c1ccc(F)cc1. The molecule has 0 saturated carbocycles. The number of hydrogen-bond donors (Lipinski definition) is 0. The van der Waals surface area contributed by atoms with Gasteiger partial charge in [0.25, 0.3) is 0 Å². The Bertz CT molecular complexity index is 1450. The Kier molecular flexibility index (Phi) is 8.02. The lowest BCUT2D eigenvalue weighted by Crippen LogP contribution is -2.32. The largest absolute Gasteiger partial charge is 0.293 e. The molecule has 1 atom stereocenters. The van der Waals surface area contributed by atoms with Gasteiger partial charge in [-0.05, 0) is 60.2 Å². The van der Waals surface area contributed by atoms with Gasteiger partial charge in [-0.3, -0.25) is 9.59 Å². The topological polar surface area (TPSA) is 34.1 Å². The highest BCUT2D eigenvalue weighted by Crippen LogP contribution is 2.41. The third-order valence-corrected chi connectivity index (χ3v) is 7.17. The number of ketones is 2. The summed E-state index contributed by atoms with van der Waals surface area (Å²) in [6.07, 6.45) is 6.42. The number of allylic oxidation sites excluding steroid dienone is 3. The molecule has 0 radical (unpaired) electrons. The van der Waals surface area contributed by atoms with Gasteiger partial charge in [0.2, 0.25) is 0 Å². The van der Waals surface area contributed by atoms with E-state index in [9.17, 15) is 18.4 Å². The van der Waals surface area contributed by atoms with Crippen LogP contribution in [0.15, 0.2) is 126 Å². The van der Waals surface area contributed by atoms with Gasteiger partial charge in [0, 0.05) is 17.0 Å². The van der Waals surface area contributed by atoms with E-state index in [1.54, 1.807) is 72.8 Å². The second kappa shape index (κ2) is 12.0. The third-order valence-electron chi connectivity index (χ3n) is 7.17. The first-order chi connectivity index (χ1) is 19.0. The average Bonchev–Trinajstić information content (AvgIpc) is 2.98. The monoisotopic (exact) mass is 518 g/mol. The van der Waals surface area contributed by atoms with Crippen molar-refractivity contribution in [2.24, 2.45) is 5.92 Å². The minimum Gasteiger partial charge on any atom is -0.293 e. The van der Waals surface area contributed by atoms with Gasteiger partial charge in [0.15, 0.2) is 11.6 Å². The lowest BCUT2D eigenvalue weighted by molar-refractivity contribution is 0.0790. The van der Waals surface area contributed by atoms with Crippen molar-refractivity contribution in [3.05, 3.63) is 160 Å². The van der Waals surface area contributed by atoms with Crippen molar-refractivity contribution in [1.29, 1.82) is 0 Å². The summed E-state index contributed by atoms with van der Waals surface area (Å²) < 4.78 is 27.4. The summed E-state index contributed by atoms with van der Waals surface area (Å²) in [5.41, 5.74) is 4.48. The van der Waals surface area contributed by atoms with Crippen LogP contribution in [0.3, 0.4) is 0 Å². The van der Waals surface area contributed by atoms with Crippen LogP contribution >= 0.6 is 0 Å². The van der Waals surface area contributed by atoms with Gasteiger partial charge in [0.05, 0.1) is 5.92 Å². The molecular formula is C35H28F2O2. The molecule has 39 heavy (non-hydrogen) atoms. The fourth-order valence-electron chi connectivity index (χ4n) is 5.29. The Morgan fingerprint density at radius 1 is 0.641 bits per heavy atom. The first-order valence-electron chi connectivity index (χ1n) is 13.1. The smallest absolute Gasteiger partial charge is 0.174 e. The molecule has 0 fully saturated rings. The normalized spacial score (nSPS) is 15.2. The maximum Gasteiger partial charge on any atom is 0.174 e. The number of Topliss-reactive ketones (excluding diaryl/α,β-unsaturated/α-hetero) is 2. The van der Waals surface area contributed by atoms with Crippen LogP contribution in [-0.2, 0) is 0 Å². The molecule has 0 spiro atoms. The number of carbonyl (C=O) groups excluding carboxylic acids is 2. The molecule has 1 aliphatic carbocycles. The molecule has 1 aliphatic rings. The Hall–Kier alpha value is -4.44. The zero-order valence-corrected chi connectivity index (χ0v) is 21.4. The van der Waals surface area contributed by atoms with Crippen molar-refractivity contribution in [3.63, 3.8) is 0 Å². The summed E-state index contributed by atoms with van der Waals surface area (Å²) in [7, 11) is 0. The summed E-state index contributed by atoms with van der Waals surface area (Å²) in [5, 5.41) is 0. The van der Waals surface area contributed by atoms with E-state index in [1.807, 2.05) is 18.2 Å². The zero-order chi connectivity index (χ0) is 27.2.